The first-order valence-corrected chi connectivity index (χ1v) is 9.81. The van der Waals surface area contributed by atoms with Gasteiger partial charge in [0.2, 0.25) is 0 Å². The van der Waals surface area contributed by atoms with Crippen LogP contribution >= 0.6 is 11.8 Å². The molecule has 3 rings (SSSR count). The SMILES string of the molecule is COc1ccc(Cc2c(C)nc(SCc3cccc(C#N)c3)n(C)c2=O)cc1. The largest absolute Gasteiger partial charge is 0.497 e. The van der Waals surface area contributed by atoms with E-state index in [1.807, 2.05) is 49.4 Å². The van der Waals surface area contributed by atoms with Crippen LogP contribution in [0.2, 0.25) is 0 Å². The van der Waals surface area contributed by atoms with E-state index < -0.39 is 0 Å². The molecule has 5 nitrogen and oxygen atoms in total. The minimum absolute atomic E-state index is 0.0309. The number of nitriles is 1. The average molecular weight is 391 g/mol. The predicted molar refractivity (Wildman–Crippen MR) is 111 cm³/mol. The molecule has 0 aliphatic heterocycles. The summed E-state index contributed by atoms with van der Waals surface area (Å²) >= 11 is 1.49. The fourth-order valence-corrected chi connectivity index (χ4v) is 3.84. The highest BCUT2D eigenvalue weighted by molar-refractivity contribution is 7.98. The Morgan fingerprint density at radius 1 is 1.18 bits per heavy atom. The summed E-state index contributed by atoms with van der Waals surface area (Å²) in [7, 11) is 3.38. The molecule has 0 fully saturated rings. The number of hydrogen-bond donors (Lipinski definition) is 0. The van der Waals surface area contributed by atoms with Gasteiger partial charge in [-0.2, -0.15) is 5.26 Å². The summed E-state index contributed by atoms with van der Waals surface area (Å²) in [4.78, 5) is 17.5. The standard InChI is InChI=1S/C22H21N3O2S/c1-15-20(12-16-7-9-19(27-3)10-8-16)21(26)25(2)22(24-15)28-14-18-6-4-5-17(11-18)13-23/h4-11H,12,14H2,1-3H3. The van der Waals surface area contributed by atoms with Gasteiger partial charge in [-0.3, -0.25) is 9.36 Å². The lowest BCUT2D eigenvalue weighted by molar-refractivity contribution is 0.414. The minimum atomic E-state index is -0.0309. The molecule has 1 heterocycles. The van der Waals surface area contributed by atoms with Gasteiger partial charge in [0, 0.05) is 30.5 Å². The first kappa shape index (κ1) is 19.7. The second kappa shape index (κ2) is 8.77. The quantitative estimate of drug-likeness (QED) is 0.472. The van der Waals surface area contributed by atoms with E-state index in [9.17, 15) is 4.79 Å². The molecule has 0 atom stereocenters. The summed E-state index contributed by atoms with van der Waals surface area (Å²) in [6.07, 6.45) is 0.532. The first-order chi connectivity index (χ1) is 13.5. The molecule has 3 aromatic rings. The van der Waals surface area contributed by atoms with Crippen molar-refractivity contribution >= 4 is 11.8 Å². The van der Waals surface area contributed by atoms with Crippen LogP contribution in [0, 0.1) is 18.3 Å². The van der Waals surface area contributed by atoms with Crippen molar-refractivity contribution < 1.29 is 4.74 Å². The highest BCUT2D eigenvalue weighted by atomic mass is 32.2. The maximum atomic E-state index is 12.9. The number of methoxy groups -OCH3 is 1. The maximum Gasteiger partial charge on any atom is 0.257 e. The number of aromatic nitrogens is 2. The summed E-state index contributed by atoms with van der Waals surface area (Å²) in [6.45, 7) is 1.88. The summed E-state index contributed by atoms with van der Waals surface area (Å²) in [6, 6.07) is 17.3. The Hall–Kier alpha value is -3.04. The third-order valence-corrected chi connectivity index (χ3v) is 5.61. The van der Waals surface area contributed by atoms with Gasteiger partial charge < -0.3 is 4.74 Å². The van der Waals surface area contributed by atoms with Crippen LogP contribution in [-0.2, 0) is 19.2 Å². The van der Waals surface area contributed by atoms with E-state index in [2.05, 4.69) is 11.1 Å². The summed E-state index contributed by atoms with van der Waals surface area (Å²) < 4.78 is 6.78. The van der Waals surface area contributed by atoms with Crippen molar-refractivity contribution in [2.24, 2.45) is 7.05 Å². The van der Waals surface area contributed by atoms with Gasteiger partial charge in [-0.15, -0.1) is 0 Å². The average Bonchev–Trinajstić information content (AvgIpc) is 2.73. The Kier molecular flexibility index (Phi) is 6.17. The van der Waals surface area contributed by atoms with Crippen LogP contribution in [0.1, 0.15) is 27.9 Å². The molecular formula is C22H21N3O2S. The van der Waals surface area contributed by atoms with Crippen LogP contribution in [0.4, 0.5) is 0 Å². The van der Waals surface area contributed by atoms with Gasteiger partial charge in [0.25, 0.3) is 5.56 Å². The van der Waals surface area contributed by atoms with Crippen molar-refractivity contribution in [3.8, 4) is 11.8 Å². The summed E-state index contributed by atoms with van der Waals surface area (Å²) in [5.41, 5.74) is 4.10. The van der Waals surface area contributed by atoms with Crippen LogP contribution in [0.25, 0.3) is 0 Å². The third kappa shape index (κ3) is 4.44. The van der Waals surface area contributed by atoms with Gasteiger partial charge >= 0.3 is 0 Å². The van der Waals surface area contributed by atoms with Crippen LogP contribution in [0.15, 0.2) is 58.5 Å². The van der Waals surface area contributed by atoms with Gasteiger partial charge in [0.05, 0.1) is 18.7 Å². The molecule has 0 N–H and O–H groups in total. The van der Waals surface area contributed by atoms with Crippen LogP contribution in [-0.4, -0.2) is 16.7 Å². The molecule has 142 valence electrons. The highest BCUT2D eigenvalue weighted by Crippen LogP contribution is 2.22. The first-order valence-electron chi connectivity index (χ1n) is 8.83. The van der Waals surface area contributed by atoms with Crippen LogP contribution < -0.4 is 10.3 Å². The molecule has 0 unspecified atom stereocenters. The number of thioether (sulfide) groups is 1. The minimum Gasteiger partial charge on any atom is -0.497 e. The van der Waals surface area contributed by atoms with E-state index in [1.54, 1.807) is 24.8 Å². The lowest BCUT2D eigenvalue weighted by Crippen LogP contribution is -2.25. The second-order valence-electron chi connectivity index (χ2n) is 6.45. The van der Waals surface area contributed by atoms with Crippen molar-refractivity contribution in [3.63, 3.8) is 0 Å². The molecule has 0 spiro atoms. The number of hydrogen-bond acceptors (Lipinski definition) is 5. The van der Waals surface area contributed by atoms with Crippen molar-refractivity contribution in [2.45, 2.75) is 24.3 Å². The number of ether oxygens (including phenoxy) is 1. The summed E-state index contributed by atoms with van der Waals surface area (Å²) in [5.74, 6) is 1.44. The molecule has 0 saturated heterocycles. The zero-order valence-electron chi connectivity index (χ0n) is 16.1. The Bertz CT molecular complexity index is 1080. The predicted octanol–water partition coefficient (Wildman–Crippen LogP) is 3.85. The molecule has 0 bridgehead atoms. The van der Waals surface area contributed by atoms with E-state index in [4.69, 9.17) is 10.00 Å². The van der Waals surface area contributed by atoms with Crippen molar-refractivity contribution in [2.75, 3.05) is 7.11 Å². The van der Waals surface area contributed by atoms with E-state index >= 15 is 0 Å². The Morgan fingerprint density at radius 2 is 1.93 bits per heavy atom. The number of aryl methyl sites for hydroxylation is 1. The molecule has 0 aliphatic rings. The van der Waals surface area contributed by atoms with Crippen molar-refractivity contribution in [1.29, 1.82) is 5.26 Å². The number of rotatable bonds is 6. The molecule has 0 saturated carbocycles. The lowest BCUT2D eigenvalue weighted by Gasteiger charge is -2.12. The van der Waals surface area contributed by atoms with E-state index in [1.165, 1.54) is 11.8 Å². The molecule has 0 radical (unpaired) electrons. The molecule has 2 aromatic carbocycles. The summed E-state index contributed by atoms with van der Waals surface area (Å²) in [5, 5.41) is 9.69. The Morgan fingerprint density at radius 3 is 2.61 bits per heavy atom. The second-order valence-corrected chi connectivity index (χ2v) is 7.39. The third-order valence-electron chi connectivity index (χ3n) is 4.51. The molecular weight excluding hydrogens is 370 g/mol. The van der Waals surface area contributed by atoms with Crippen LogP contribution in [0.5, 0.6) is 5.75 Å². The van der Waals surface area contributed by atoms with Gasteiger partial charge in [-0.25, -0.2) is 4.98 Å². The monoisotopic (exact) mass is 391 g/mol. The molecule has 0 aliphatic carbocycles. The fraction of sp³-hybridized carbons (Fsp3) is 0.227. The lowest BCUT2D eigenvalue weighted by atomic mass is 10.1. The molecule has 6 heteroatoms. The van der Waals surface area contributed by atoms with E-state index in [-0.39, 0.29) is 5.56 Å². The Balaban J connectivity index is 1.81. The van der Waals surface area contributed by atoms with Gasteiger partial charge in [0.1, 0.15) is 5.75 Å². The normalized spacial score (nSPS) is 10.5. The topological polar surface area (TPSA) is 67.9 Å². The molecule has 1 aromatic heterocycles. The smallest absolute Gasteiger partial charge is 0.257 e. The number of nitrogens with zero attached hydrogens (tertiary/aromatic N) is 3. The van der Waals surface area contributed by atoms with Crippen molar-refractivity contribution in [3.05, 3.63) is 86.8 Å². The van der Waals surface area contributed by atoms with Crippen LogP contribution in [0.3, 0.4) is 0 Å². The maximum absolute atomic E-state index is 12.9. The van der Waals surface area contributed by atoms with Crippen molar-refractivity contribution in [1.82, 2.24) is 9.55 Å². The Labute approximate surface area is 168 Å². The highest BCUT2D eigenvalue weighted by Gasteiger charge is 2.13. The molecule has 28 heavy (non-hydrogen) atoms. The zero-order chi connectivity index (χ0) is 20.1. The molecule has 0 amide bonds. The van der Waals surface area contributed by atoms with Gasteiger partial charge in [-0.1, -0.05) is 36.0 Å². The fourth-order valence-electron chi connectivity index (χ4n) is 2.89. The van der Waals surface area contributed by atoms with E-state index in [0.29, 0.717) is 28.5 Å². The number of benzene rings is 2. The van der Waals surface area contributed by atoms with E-state index in [0.717, 1.165) is 22.6 Å². The van der Waals surface area contributed by atoms with Gasteiger partial charge in [0.15, 0.2) is 5.16 Å². The van der Waals surface area contributed by atoms with Gasteiger partial charge in [-0.05, 0) is 42.3 Å². The zero-order valence-corrected chi connectivity index (χ0v) is 16.9.